The number of ether oxygens (including phenoxy) is 3. The molecule has 0 saturated heterocycles. The molecule has 154 valence electrons. The molecule has 0 radical (unpaired) electrons. The first-order valence-electron chi connectivity index (χ1n) is 8.68. The van der Waals surface area contributed by atoms with Crippen LogP contribution in [0.1, 0.15) is 41.5 Å². The van der Waals surface area contributed by atoms with Crippen molar-refractivity contribution in [2.75, 3.05) is 19.5 Å². The lowest BCUT2D eigenvalue weighted by molar-refractivity contribution is 0.0591. The fraction of sp³-hybridized carbons (Fsp3) is 0.286. The highest BCUT2D eigenvalue weighted by Gasteiger charge is 2.18. The maximum atomic E-state index is 12.1. The standard InChI is InChI=1S/C21H23NO7/c1-21(2,3)29-20(26)22-16-8-12(6-14(9-16)18(24)27-4)13-7-15(19(25)28-5)11-17(23)10-13/h6-11,23H,1-5H3,(H,22,26). The molecule has 0 unspecified atom stereocenters. The van der Waals surface area contributed by atoms with E-state index < -0.39 is 23.6 Å². The number of benzene rings is 2. The predicted molar refractivity (Wildman–Crippen MR) is 106 cm³/mol. The second-order valence-corrected chi connectivity index (χ2v) is 7.18. The van der Waals surface area contributed by atoms with Crippen LogP contribution in [0.25, 0.3) is 11.1 Å². The molecule has 0 aliphatic carbocycles. The van der Waals surface area contributed by atoms with Crippen LogP contribution in [0.4, 0.5) is 10.5 Å². The van der Waals surface area contributed by atoms with Crippen molar-refractivity contribution >= 4 is 23.7 Å². The van der Waals surface area contributed by atoms with E-state index in [4.69, 9.17) is 9.47 Å². The number of phenolic OH excluding ortho intramolecular Hbond substituents is 1. The van der Waals surface area contributed by atoms with Crippen molar-refractivity contribution in [3.05, 3.63) is 47.5 Å². The molecule has 0 atom stereocenters. The van der Waals surface area contributed by atoms with E-state index in [2.05, 4.69) is 10.1 Å². The minimum absolute atomic E-state index is 0.132. The number of rotatable bonds is 4. The minimum Gasteiger partial charge on any atom is -0.508 e. The van der Waals surface area contributed by atoms with E-state index in [0.29, 0.717) is 11.1 Å². The summed E-state index contributed by atoms with van der Waals surface area (Å²) in [5, 5.41) is 12.5. The largest absolute Gasteiger partial charge is 0.508 e. The summed E-state index contributed by atoms with van der Waals surface area (Å²) < 4.78 is 14.7. The van der Waals surface area contributed by atoms with Crippen LogP contribution in [0.5, 0.6) is 5.75 Å². The number of anilines is 1. The van der Waals surface area contributed by atoms with Gasteiger partial charge in [-0.15, -0.1) is 0 Å². The third kappa shape index (κ3) is 5.97. The van der Waals surface area contributed by atoms with Gasteiger partial charge >= 0.3 is 18.0 Å². The average molecular weight is 401 g/mol. The van der Waals surface area contributed by atoms with Crippen LogP contribution in [0, 0.1) is 0 Å². The van der Waals surface area contributed by atoms with Gasteiger partial charge in [0.05, 0.1) is 25.3 Å². The molecule has 0 fully saturated rings. The first-order valence-corrected chi connectivity index (χ1v) is 8.68. The zero-order chi connectivity index (χ0) is 21.8. The molecule has 2 aromatic rings. The second-order valence-electron chi connectivity index (χ2n) is 7.18. The molecule has 2 aromatic carbocycles. The van der Waals surface area contributed by atoms with Gasteiger partial charge in [-0.25, -0.2) is 14.4 Å². The van der Waals surface area contributed by atoms with Crippen LogP contribution in [0.3, 0.4) is 0 Å². The third-order valence-electron chi connectivity index (χ3n) is 3.67. The summed E-state index contributed by atoms with van der Waals surface area (Å²) in [5.41, 5.74) is 0.767. The molecule has 2 rings (SSSR count). The number of hydrogen-bond acceptors (Lipinski definition) is 7. The molecular formula is C21H23NO7. The van der Waals surface area contributed by atoms with E-state index in [1.807, 2.05) is 0 Å². The van der Waals surface area contributed by atoms with Crippen LogP contribution >= 0.6 is 0 Å². The molecule has 8 heteroatoms. The second kappa shape index (κ2) is 8.64. The molecule has 0 saturated carbocycles. The molecule has 0 aromatic heterocycles. The number of carbonyl (C=O) groups excluding carboxylic acids is 3. The Hall–Kier alpha value is -3.55. The van der Waals surface area contributed by atoms with Gasteiger partial charge in [-0.2, -0.15) is 0 Å². The SMILES string of the molecule is COC(=O)c1cc(O)cc(-c2cc(NC(=O)OC(C)(C)C)cc(C(=O)OC)c2)c1. The maximum absolute atomic E-state index is 12.1. The average Bonchev–Trinajstić information content (AvgIpc) is 2.64. The highest BCUT2D eigenvalue weighted by molar-refractivity contribution is 5.96. The van der Waals surface area contributed by atoms with E-state index in [1.54, 1.807) is 26.8 Å². The van der Waals surface area contributed by atoms with E-state index in [-0.39, 0.29) is 22.6 Å². The Bertz CT molecular complexity index is 945. The highest BCUT2D eigenvalue weighted by Crippen LogP contribution is 2.30. The Balaban J connectivity index is 2.52. The quantitative estimate of drug-likeness (QED) is 0.589. The van der Waals surface area contributed by atoms with Crippen molar-refractivity contribution in [3.8, 4) is 16.9 Å². The Kier molecular flexibility index (Phi) is 6.48. The Morgan fingerprint density at radius 2 is 1.34 bits per heavy atom. The number of nitrogens with one attached hydrogen (secondary N) is 1. The zero-order valence-electron chi connectivity index (χ0n) is 16.9. The van der Waals surface area contributed by atoms with Gasteiger partial charge in [0, 0.05) is 5.69 Å². The molecule has 1 amide bonds. The van der Waals surface area contributed by atoms with Crippen molar-refractivity contribution in [1.29, 1.82) is 0 Å². The van der Waals surface area contributed by atoms with Gasteiger partial charge in [-0.05, 0) is 68.3 Å². The van der Waals surface area contributed by atoms with Gasteiger partial charge in [-0.1, -0.05) is 0 Å². The molecule has 29 heavy (non-hydrogen) atoms. The third-order valence-corrected chi connectivity index (χ3v) is 3.67. The van der Waals surface area contributed by atoms with Crippen molar-refractivity contribution in [3.63, 3.8) is 0 Å². The van der Waals surface area contributed by atoms with Crippen molar-refractivity contribution in [2.24, 2.45) is 0 Å². The van der Waals surface area contributed by atoms with E-state index >= 15 is 0 Å². The summed E-state index contributed by atoms with van der Waals surface area (Å²) in [7, 11) is 2.46. The maximum Gasteiger partial charge on any atom is 0.412 e. The first kappa shape index (κ1) is 21.7. The van der Waals surface area contributed by atoms with Crippen molar-refractivity contribution in [2.45, 2.75) is 26.4 Å². The first-order chi connectivity index (χ1) is 13.5. The summed E-state index contributed by atoms with van der Waals surface area (Å²) >= 11 is 0. The van der Waals surface area contributed by atoms with Gasteiger partial charge in [0.1, 0.15) is 11.4 Å². The van der Waals surface area contributed by atoms with Crippen molar-refractivity contribution < 1.29 is 33.7 Å². The highest BCUT2D eigenvalue weighted by atomic mass is 16.6. The molecule has 2 N–H and O–H groups in total. The fourth-order valence-electron chi connectivity index (χ4n) is 2.54. The number of amides is 1. The number of methoxy groups -OCH3 is 2. The molecule has 0 aliphatic rings. The van der Waals surface area contributed by atoms with Gasteiger partial charge in [0.25, 0.3) is 0 Å². The Morgan fingerprint density at radius 1 is 0.828 bits per heavy atom. The number of phenols is 1. The fourth-order valence-corrected chi connectivity index (χ4v) is 2.54. The topological polar surface area (TPSA) is 111 Å². The van der Waals surface area contributed by atoms with Gasteiger partial charge in [0.2, 0.25) is 0 Å². The van der Waals surface area contributed by atoms with Crippen LogP contribution < -0.4 is 5.32 Å². The van der Waals surface area contributed by atoms with Gasteiger partial charge in [-0.3, -0.25) is 5.32 Å². The molecule has 0 bridgehead atoms. The normalized spacial score (nSPS) is 10.8. The predicted octanol–water partition coefficient (Wildman–Crippen LogP) is 3.98. The van der Waals surface area contributed by atoms with Crippen LogP contribution in [0.2, 0.25) is 0 Å². The lowest BCUT2D eigenvalue weighted by atomic mass is 9.99. The lowest BCUT2D eigenvalue weighted by Gasteiger charge is -2.20. The number of aromatic hydroxyl groups is 1. The molecule has 0 heterocycles. The van der Waals surface area contributed by atoms with Crippen LogP contribution in [-0.2, 0) is 14.2 Å². The van der Waals surface area contributed by atoms with Crippen LogP contribution in [0.15, 0.2) is 36.4 Å². The summed E-state index contributed by atoms with van der Waals surface area (Å²) in [4.78, 5) is 36.0. The molecule has 8 nitrogen and oxygen atoms in total. The molecular weight excluding hydrogens is 378 g/mol. The van der Waals surface area contributed by atoms with Gasteiger partial charge in [0.15, 0.2) is 0 Å². The Labute approximate surface area is 168 Å². The van der Waals surface area contributed by atoms with E-state index in [0.717, 1.165) is 0 Å². The van der Waals surface area contributed by atoms with Gasteiger partial charge < -0.3 is 19.3 Å². The summed E-state index contributed by atoms with van der Waals surface area (Å²) in [5.74, 6) is -1.40. The number of hydrogen-bond donors (Lipinski definition) is 2. The molecule has 0 spiro atoms. The number of carbonyl (C=O) groups is 3. The monoisotopic (exact) mass is 401 g/mol. The summed E-state index contributed by atoms with van der Waals surface area (Å²) in [6.45, 7) is 5.18. The molecule has 0 aliphatic heterocycles. The summed E-state index contributed by atoms with van der Waals surface area (Å²) in [6, 6.07) is 8.70. The lowest BCUT2D eigenvalue weighted by Crippen LogP contribution is -2.27. The smallest absolute Gasteiger partial charge is 0.412 e. The number of esters is 2. The van der Waals surface area contributed by atoms with Crippen LogP contribution in [-0.4, -0.2) is 43.0 Å². The zero-order valence-corrected chi connectivity index (χ0v) is 16.9. The van der Waals surface area contributed by atoms with Crippen molar-refractivity contribution in [1.82, 2.24) is 0 Å². The Morgan fingerprint density at radius 3 is 1.86 bits per heavy atom. The van der Waals surface area contributed by atoms with E-state index in [1.165, 1.54) is 44.6 Å². The van der Waals surface area contributed by atoms with E-state index in [9.17, 15) is 19.5 Å². The summed E-state index contributed by atoms with van der Waals surface area (Å²) in [6.07, 6.45) is -0.698. The minimum atomic E-state index is -0.701.